The van der Waals surface area contributed by atoms with Gasteiger partial charge in [0.15, 0.2) is 11.1 Å². The molecule has 0 heterocycles. The number of benzene rings is 3. The van der Waals surface area contributed by atoms with Crippen molar-refractivity contribution in [2.24, 2.45) is 0 Å². The van der Waals surface area contributed by atoms with E-state index in [1.165, 1.54) is 0 Å². The molecule has 146 valence electrons. The van der Waals surface area contributed by atoms with Gasteiger partial charge in [0.2, 0.25) is 0 Å². The van der Waals surface area contributed by atoms with Crippen molar-refractivity contribution in [2.45, 2.75) is 39.5 Å². The Bertz CT molecular complexity index is 890. The molecule has 0 fully saturated rings. The zero-order chi connectivity index (χ0) is 20.3. The lowest BCUT2D eigenvalue weighted by atomic mass is 9.94. The molecule has 0 aliphatic carbocycles. The van der Waals surface area contributed by atoms with Crippen molar-refractivity contribution in [1.29, 1.82) is 0 Å². The lowest BCUT2D eigenvalue weighted by molar-refractivity contribution is 0.350. The van der Waals surface area contributed by atoms with E-state index < -0.39 is 7.94 Å². The highest BCUT2D eigenvalue weighted by Gasteiger charge is 2.42. The molecule has 0 aliphatic heterocycles. The maximum absolute atomic E-state index is 10.9. The van der Waals surface area contributed by atoms with E-state index in [0.29, 0.717) is 11.1 Å². The third-order valence-electron chi connectivity index (χ3n) is 4.85. The van der Waals surface area contributed by atoms with Gasteiger partial charge in [-0.1, -0.05) is 88.4 Å². The average Bonchev–Trinajstić information content (AvgIpc) is 2.68. The van der Waals surface area contributed by atoms with Gasteiger partial charge in [-0.05, 0) is 35.1 Å². The predicted molar refractivity (Wildman–Crippen MR) is 118 cm³/mol. The van der Waals surface area contributed by atoms with Gasteiger partial charge in [0.25, 0.3) is 0 Å². The number of rotatable bonds is 6. The Morgan fingerprint density at radius 2 is 1.14 bits per heavy atom. The topological polar surface area (TPSA) is 49.7 Å². The van der Waals surface area contributed by atoms with Crippen molar-refractivity contribution in [3.05, 3.63) is 83.9 Å². The van der Waals surface area contributed by atoms with E-state index in [1.807, 2.05) is 60.7 Å². The second-order valence-electron chi connectivity index (χ2n) is 7.62. The highest BCUT2D eigenvalue weighted by atomic mass is 31.2. The highest BCUT2D eigenvalue weighted by molar-refractivity contribution is 7.68. The zero-order valence-electron chi connectivity index (χ0n) is 16.8. The van der Waals surface area contributed by atoms with Gasteiger partial charge in [0.05, 0.1) is 0 Å². The highest BCUT2D eigenvalue weighted by Crippen LogP contribution is 2.53. The quantitative estimate of drug-likeness (QED) is 0.499. The number of hydrogen-bond donors (Lipinski definition) is 2. The Morgan fingerprint density at radius 1 is 0.643 bits per heavy atom. The van der Waals surface area contributed by atoms with Crippen LogP contribution in [-0.4, -0.2) is 9.79 Å². The summed E-state index contributed by atoms with van der Waals surface area (Å²) in [5, 5.41) is 0.403. The van der Waals surface area contributed by atoms with Crippen LogP contribution in [0.15, 0.2) is 72.8 Å². The van der Waals surface area contributed by atoms with Crippen LogP contribution in [0.4, 0.5) is 0 Å². The van der Waals surface area contributed by atoms with E-state index in [-0.39, 0.29) is 11.8 Å². The second-order valence-corrected chi connectivity index (χ2v) is 9.41. The molecule has 0 aromatic heterocycles. The summed E-state index contributed by atoms with van der Waals surface area (Å²) in [7, 11) is -3.76. The fourth-order valence-corrected chi connectivity index (χ4v) is 4.36. The van der Waals surface area contributed by atoms with Crippen LogP contribution < -0.4 is 9.83 Å². The minimum atomic E-state index is -3.76. The maximum Gasteiger partial charge on any atom is 0.487 e. The molecule has 28 heavy (non-hydrogen) atoms. The summed E-state index contributed by atoms with van der Waals surface area (Å²) in [4.78, 5) is 21.7. The molecular weight excluding hydrogens is 367 g/mol. The fraction of sp³-hybridized carbons (Fsp3) is 0.250. The zero-order valence-corrected chi connectivity index (χ0v) is 17.7. The third kappa shape index (κ3) is 4.44. The van der Waals surface area contributed by atoms with Gasteiger partial charge in [-0.15, -0.1) is 0 Å². The Hall–Kier alpha value is -2.19. The molecule has 0 saturated carbocycles. The van der Waals surface area contributed by atoms with Crippen LogP contribution in [0, 0.1) is 0 Å². The smallest absolute Gasteiger partial charge is 0.280 e. The van der Waals surface area contributed by atoms with Crippen molar-refractivity contribution in [3.63, 3.8) is 0 Å². The third-order valence-corrected chi connectivity index (χ3v) is 6.26. The lowest BCUT2D eigenvalue weighted by Crippen LogP contribution is -2.17. The predicted octanol–water partition coefficient (Wildman–Crippen LogP) is 6.05. The number of hydrogen-bond acceptors (Lipinski definition) is 3. The second kappa shape index (κ2) is 8.45. The molecule has 0 radical (unpaired) electrons. The molecule has 0 amide bonds. The first kappa shape index (κ1) is 20.5. The van der Waals surface area contributed by atoms with E-state index in [0.717, 1.165) is 22.3 Å². The Labute approximate surface area is 168 Å². The van der Waals surface area contributed by atoms with Crippen molar-refractivity contribution in [3.8, 4) is 16.9 Å². The molecule has 3 aromatic carbocycles. The van der Waals surface area contributed by atoms with Crippen LogP contribution in [-0.2, 0) is 0 Å². The fourth-order valence-electron chi connectivity index (χ4n) is 3.25. The van der Waals surface area contributed by atoms with Crippen molar-refractivity contribution < 1.29 is 14.3 Å². The Kier molecular flexibility index (Phi) is 6.20. The summed E-state index contributed by atoms with van der Waals surface area (Å²) in [5.41, 5.74) is 4.08. The molecule has 4 heteroatoms. The van der Waals surface area contributed by atoms with Gasteiger partial charge >= 0.3 is 7.94 Å². The monoisotopic (exact) mass is 395 g/mol. The van der Waals surface area contributed by atoms with E-state index in [1.54, 1.807) is 12.1 Å². The molecule has 0 unspecified atom stereocenters. The largest absolute Gasteiger partial charge is 0.487 e. The molecule has 0 aliphatic rings. The van der Waals surface area contributed by atoms with Gasteiger partial charge in [0, 0.05) is 11.1 Å². The van der Waals surface area contributed by atoms with E-state index >= 15 is 0 Å². The normalized spacial score (nSPS) is 11.9. The number of para-hydroxylation sites is 1. The minimum absolute atomic E-state index is 0.217. The first-order valence-electron chi connectivity index (χ1n) is 9.62. The Balaban J connectivity index is 1.94. The van der Waals surface area contributed by atoms with Crippen LogP contribution in [0.3, 0.4) is 0 Å². The SMILES string of the molecule is CC(C)c1cccc(C(C)C)c1O[P+](O)(O)c1ccc(-c2ccccc2)cc1. The minimum Gasteiger partial charge on any atom is -0.280 e. The van der Waals surface area contributed by atoms with Crippen molar-refractivity contribution in [1.82, 2.24) is 0 Å². The molecule has 3 nitrogen and oxygen atoms in total. The molecule has 0 saturated heterocycles. The molecule has 3 aromatic rings. The summed E-state index contributed by atoms with van der Waals surface area (Å²) in [6.45, 7) is 8.32. The first-order chi connectivity index (χ1) is 13.3. The van der Waals surface area contributed by atoms with Gasteiger partial charge in [-0.2, -0.15) is 9.79 Å². The standard InChI is InChI=1S/C24H28O3P/c1-17(2)22-11-8-12-23(18(3)4)24(22)27-28(25,26)21-15-13-20(14-16-21)19-9-6-5-7-10-19/h5-18,25-26H,1-4H3/q+1. The molecule has 0 spiro atoms. The molecule has 0 bridgehead atoms. The summed E-state index contributed by atoms with van der Waals surface area (Å²) in [6.07, 6.45) is 0. The summed E-state index contributed by atoms with van der Waals surface area (Å²) < 4.78 is 5.94. The first-order valence-corrected chi connectivity index (χ1v) is 11.2. The van der Waals surface area contributed by atoms with Crippen LogP contribution >= 0.6 is 7.94 Å². The molecule has 0 atom stereocenters. The summed E-state index contributed by atoms with van der Waals surface area (Å²) >= 11 is 0. The van der Waals surface area contributed by atoms with Gasteiger partial charge in [-0.3, -0.25) is 4.52 Å². The lowest BCUT2D eigenvalue weighted by Gasteiger charge is -2.20. The summed E-state index contributed by atoms with van der Waals surface area (Å²) in [5.74, 6) is 1.03. The van der Waals surface area contributed by atoms with Crippen LogP contribution in [0.25, 0.3) is 11.1 Å². The average molecular weight is 395 g/mol. The van der Waals surface area contributed by atoms with E-state index in [4.69, 9.17) is 4.52 Å². The van der Waals surface area contributed by atoms with Crippen molar-refractivity contribution >= 4 is 13.2 Å². The van der Waals surface area contributed by atoms with E-state index in [9.17, 15) is 9.79 Å². The van der Waals surface area contributed by atoms with Gasteiger partial charge < -0.3 is 0 Å². The van der Waals surface area contributed by atoms with E-state index in [2.05, 4.69) is 27.7 Å². The van der Waals surface area contributed by atoms with Crippen LogP contribution in [0.1, 0.15) is 50.7 Å². The summed E-state index contributed by atoms with van der Waals surface area (Å²) in [6, 6.07) is 23.2. The molecular formula is C24H28O3P+. The van der Waals surface area contributed by atoms with Crippen molar-refractivity contribution in [2.75, 3.05) is 0 Å². The Morgan fingerprint density at radius 3 is 1.64 bits per heavy atom. The van der Waals surface area contributed by atoms with Gasteiger partial charge in [0.1, 0.15) is 0 Å². The van der Waals surface area contributed by atoms with Crippen LogP contribution in [0.5, 0.6) is 5.75 Å². The van der Waals surface area contributed by atoms with Gasteiger partial charge in [-0.25, -0.2) is 0 Å². The maximum atomic E-state index is 10.9. The van der Waals surface area contributed by atoms with Crippen LogP contribution in [0.2, 0.25) is 0 Å². The molecule has 3 rings (SSSR count). The molecule has 2 N–H and O–H groups in total.